The minimum atomic E-state index is -0.480. The first-order valence-corrected chi connectivity index (χ1v) is 7.25. The Labute approximate surface area is 143 Å². The maximum Gasteiger partial charge on any atom is 0.266 e. The van der Waals surface area contributed by atoms with Crippen LogP contribution in [0.5, 0.6) is 0 Å². The number of rotatable bonds is 8. The fourth-order valence-corrected chi connectivity index (χ4v) is 1.56. The molecule has 0 radical (unpaired) electrons. The van der Waals surface area contributed by atoms with Gasteiger partial charge in [-0.05, 0) is 12.1 Å². The van der Waals surface area contributed by atoms with Crippen molar-refractivity contribution in [2.75, 3.05) is 13.2 Å². The van der Waals surface area contributed by atoms with Crippen LogP contribution in [0.2, 0.25) is 0 Å². The summed E-state index contributed by atoms with van der Waals surface area (Å²) in [6.45, 7) is -0.603. The maximum absolute atomic E-state index is 11.5. The van der Waals surface area contributed by atoms with Gasteiger partial charge in [0.15, 0.2) is 0 Å². The number of ether oxygens (including phenoxy) is 1. The summed E-state index contributed by atoms with van der Waals surface area (Å²) in [6, 6.07) is 7.08. The Morgan fingerprint density at radius 2 is 1.40 bits per heavy atom. The molecular formula is C16H16N6O3. The molecular weight excluding hydrogens is 324 g/mol. The summed E-state index contributed by atoms with van der Waals surface area (Å²) < 4.78 is 4.97. The molecule has 0 fully saturated rings. The molecule has 0 aliphatic heterocycles. The van der Waals surface area contributed by atoms with Gasteiger partial charge in [0.1, 0.15) is 13.2 Å². The third-order valence-corrected chi connectivity index (χ3v) is 2.64. The number of amides is 2. The summed E-state index contributed by atoms with van der Waals surface area (Å²) >= 11 is 0. The van der Waals surface area contributed by atoms with Crippen molar-refractivity contribution in [1.29, 1.82) is 0 Å². The molecule has 0 unspecified atom stereocenters. The highest BCUT2D eigenvalue weighted by atomic mass is 16.5. The van der Waals surface area contributed by atoms with E-state index < -0.39 is 11.8 Å². The zero-order chi connectivity index (χ0) is 17.7. The molecule has 0 aliphatic rings. The van der Waals surface area contributed by atoms with Gasteiger partial charge in [0.25, 0.3) is 11.8 Å². The standard InChI is InChI=1S/C16H16N6O3/c23-15(21-19-9-13-3-1-5-17-7-13)11-25-12-16(24)22-20-10-14-4-2-6-18-8-14/h1-10H,11-12H2,(H,21,23)(H,22,24)/b19-9-,20-10-. The van der Waals surface area contributed by atoms with E-state index in [0.717, 1.165) is 11.1 Å². The monoisotopic (exact) mass is 340 g/mol. The number of carbonyl (C=O) groups is 2. The quantitative estimate of drug-likeness (QED) is 0.522. The largest absolute Gasteiger partial charge is 0.362 e. The van der Waals surface area contributed by atoms with Crippen molar-refractivity contribution in [3.8, 4) is 0 Å². The van der Waals surface area contributed by atoms with Crippen LogP contribution in [0, 0.1) is 0 Å². The molecule has 2 N–H and O–H groups in total. The predicted molar refractivity (Wildman–Crippen MR) is 90.8 cm³/mol. The van der Waals surface area contributed by atoms with E-state index in [-0.39, 0.29) is 13.2 Å². The first kappa shape index (κ1) is 17.9. The van der Waals surface area contributed by atoms with Crippen LogP contribution in [-0.4, -0.2) is 47.4 Å². The molecule has 2 aromatic heterocycles. The molecule has 2 amide bonds. The average Bonchev–Trinajstić information content (AvgIpc) is 2.63. The summed E-state index contributed by atoms with van der Waals surface area (Å²) in [7, 11) is 0. The van der Waals surface area contributed by atoms with Crippen molar-refractivity contribution in [2.24, 2.45) is 10.2 Å². The van der Waals surface area contributed by atoms with Crippen LogP contribution in [-0.2, 0) is 14.3 Å². The molecule has 128 valence electrons. The van der Waals surface area contributed by atoms with Gasteiger partial charge >= 0.3 is 0 Å². The van der Waals surface area contributed by atoms with E-state index in [4.69, 9.17) is 4.74 Å². The van der Waals surface area contributed by atoms with Gasteiger partial charge in [0, 0.05) is 35.9 Å². The van der Waals surface area contributed by atoms with Gasteiger partial charge in [0.05, 0.1) is 12.4 Å². The second-order valence-electron chi connectivity index (χ2n) is 4.65. The number of hydrazone groups is 2. The fraction of sp³-hybridized carbons (Fsp3) is 0.125. The molecule has 0 bridgehead atoms. The number of hydrogen-bond donors (Lipinski definition) is 2. The second kappa shape index (κ2) is 10.3. The summed E-state index contributed by atoms with van der Waals surface area (Å²) in [6.07, 6.45) is 9.37. The molecule has 2 rings (SSSR count). The zero-order valence-corrected chi connectivity index (χ0v) is 13.2. The van der Waals surface area contributed by atoms with Crippen molar-refractivity contribution in [3.63, 3.8) is 0 Å². The smallest absolute Gasteiger partial charge is 0.266 e. The van der Waals surface area contributed by atoms with Gasteiger partial charge in [-0.15, -0.1) is 0 Å². The summed E-state index contributed by atoms with van der Waals surface area (Å²) in [5.41, 5.74) is 6.05. The zero-order valence-electron chi connectivity index (χ0n) is 13.2. The summed E-state index contributed by atoms with van der Waals surface area (Å²) in [4.78, 5) is 30.8. The number of hydrogen-bond acceptors (Lipinski definition) is 7. The minimum Gasteiger partial charge on any atom is -0.362 e. The number of carbonyl (C=O) groups excluding carboxylic acids is 2. The third-order valence-electron chi connectivity index (χ3n) is 2.64. The Morgan fingerprint density at radius 1 is 0.920 bits per heavy atom. The molecule has 0 spiro atoms. The number of pyridine rings is 2. The maximum atomic E-state index is 11.5. The normalized spacial score (nSPS) is 10.9. The first-order valence-electron chi connectivity index (χ1n) is 7.25. The molecule has 9 nitrogen and oxygen atoms in total. The first-order chi connectivity index (χ1) is 12.2. The fourth-order valence-electron chi connectivity index (χ4n) is 1.56. The van der Waals surface area contributed by atoms with Crippen LogP contribution in [0.1, 0.15) is 11.1 Å². The molecule has 2 heterocycles. The lowest BCUT2D eigenvalue weighted by Gasteiger charge is -2.02. The van der Waals surface area contributed by atoms with E-state index in [1.165, 1.54) is 12.4 Å². The van der Waals surface area contributed by atoms with Crippen LogP contribution < -0.4 is 10.9 Å². The molecule has 0 aromatic carbocycles. The highest BCUT2D eigenvalue weighted by molar-refractivity contribution is 5.83. The van der Waals surface area contributed by atoms with Crippen LogP contribution >= 0.6 is 0 Å². The van der Waals surface area contributed by atoms with E-state index in [1.807, 2.05) is 0 Å². The number of nitrogens with zero attached hydrogens (tertiary/aromatic N) is 4. The Hall–Kier alpha value is -3.46. The predicted octanol–water partition coefficient (Wildman–Crippen LogP) is 0.0936. The lowest BCUT2D eigenvalue weighted by Crippen LogP contribution is -2.28. The average molecular weight is 340 g/mol. The van der Waals surface area contributed by atoms with Crippen molar-refractivity contribution in [3.05, 3.63) is 60.2 Å². The number of aromatic nitrogens is 2. The van der Waals surface area contributed by atoms with Crippen molar-refractivity contribution in [1.82, 2.24) is 20.8 Å². The van der Waals surface area contributed by atoms with Gasteiger partial charge in [0.2, 0.25) is 0 Å². The Morgan fingerprint density at radius 3 is 1.80 bits per heavy atom. The van der Waals surface area contributed by atoms with Gasteiger partial charge in [-0.25, -0.2) is 10.9 Å². The van der Waals surface area contributed by atoms with E-state index in [2.05, 4.69) is 31.0 Å². The lowest BCUT2D eigenvalue weighted by molar-refractivity contribution is -0.130. The Bertz CT molecular complexity index is 671. The van der Waals surface area contributed by atoms with E-state index in [9.17, 15) is 9.59 Å². The van der Waals surface area contributed by atoms with Crippen LogP contribution in [0.3, 0.4) is 0 Å². The SMILES string of the molecule is O=C(COCC(=O)N/N=C\c1cccnc1)N/N=C\c1cccnc1. The van der Waals surface area contributed by atoms with E-state index in [0.29, 0.717) is 0 Å². The van der Waals surface area contributed by atoms with Crippen LogP contribution in [0.4, 0.5) is 0 Å². The van der Waals surface area contributed by atoms with Crippen LogP contribution in [0.25, 0.3) is 0 Å². The molecule has 2 aromatic rings. The highest BCUT2D eigenvalue weighted by Gasteiger charge is 2.03. The third kappa shape index (κ3) is 7.57. The van der Waals surface area contributed by atoms with Crippen molar-refractivity contribution in [2.45, 2.75) is 0 Å². The molecule has 0 atom stereocenters. The van der Waals surface area contributed by atoms with Gasteiger partial charge in [-0.1, -0.05) is 12.1 Å². The van der Waals surface area contributed by atoms with Gasteiger partial charge in [-0.2, -0.15) is 10.2 Å². The molecule has 0 aliphatic carbocycles. The van der Waals surface area contributed by atoms with E-state index in [1.54, 1.807) is 49.1 Å². The summed E-state index contributed by atoms with van der Waals surface area (Å²) in [5, 5.41) is 7.50. The van der Waals surface area contributed by atoms with Gasteiger partial charge < -0.3 is 4.74 Å². The van der Waals surface area contributed by atoms with Crippen LogP contribution in [0.15, 0.2) is 59.3 Å². The molecule has 9 heteroatoms. The Kier molecular flexibility index (Phi) is 7.40. The Balaban J connectivity index is 1.59. The number of nitrogens with one attached hydrogen (secondary N) is 2. The van der Waals surface area contributed by atoms with Crippen molar-refractivity contribution >= 4 is 24.2 Å². The molecule has 0 saturated heterocycles. The van der Waals surface area contributed by atoms with Gasteiger partial charge in [-0.3, -0.25) is 19.6 Å². The minimum absolute atomic E-state index is 0.301. The molecule has 0 saturated carbocycles. The molecule has 25 heavy (non-hydrogen) atoms. The summed E-state index contributed by atoms with van der Waals surface area (Å²) in [5.74, 6) is -0.960. The van der Waals surface area contributed by atoms with Crippen molar-refractivity contribution < 1.29 is 14.3 Å². The second-order valence-corrected chi connectivity index (χ2v) is 4.65. The van der Waals surface area contributed by atoms with E-state index >= 15 is 0 Å². The lowest BCUT2D eigenvalue weighted by atomic mass is 10.3. The topological polar surface area (TPSA) is 118 Å². The highest BCUT2D eigenvalue weighted by Crippen LogP contribution is 1.90.